The second kappa shape index (κ2) is 12.5. The number of aromatic nitrogens is 2. The summed E-state index contributed by atoms with van der Waals surface area (Å²) in [7, 11) is 1.90. The van der Waals surface area contributed by atoms with Crippen LogP contribution in [0.4, 0.5) is 8.78 Å². The maximum absolute atomic E-state index is 12.6. The second-order valence-corrected chi connectivity index (χ2v) is 6.24. The van der Waals surface area contributed by atoms with Crippen molar-refractivity contribution in [3.8, 4) is 5.75 Å². The average Bonchev–Trinajstić information content (AvgIpc) is 3.03. The van der Waals surface area contributed by atoms with Crippen LogP contribution in [0.3, 0.4) is 0 Å². The number of guanidine groups is 1. The van der Waals surface area contributed by atoms with Gasteiger partial charge in [0.1, 0.15) is 5.75 Å². The molecule has 9 heteroatoms. The molecule has 2 aromatic rings. The zero-order chi connectivity index (χ0) is 19.6. The summed E-state index contributed by atoms with van der Waals surface area (Å²) in [5.41, 5.74) is 2.79. The summed E-state index contributed by atoms with van der Waals surface area (Å²) in [4.78, 5) is 4.49. The van der Waals surface area contributed by atoms with Gasteiger partial charge in [-0.2, -0.15) is 13.9 Å². The third-order valence-electron chi connectivity index (χ3n) is 3.88. The number of rotatable bonds is 9. The van der Waals surface area contributed by atoms with E-state index >= 15 is 0 Å². The number of ether oxygens (including phenoxy) is 1. The third kappa shape index (κ3) is 8.41. The van der Waals surface area contributed by atoms with Gasteiger partial charge in [-0.15, -0.1) is 24.0 Å². The Balaban J connectivity index is 0.00000392. The molecule has 1 heterocycles. The lowest BCUT2D eigenvalue weighted by Crippen LogP contribution is -2.37. The van der Waals surface area contributed by atoms with E-state index in [9.17, 15) is 8.78 Å². The lowest BCUT2D eigenvalue weighted by molar-refractivity contribution is -0.0504. The first-order valence-electron chi connectivity index (χ1n) is 9.02. The van der Waals surface area contributed by atoms with E-state index in [1.54, 1.807) is 16.8 Å². The predicted molar refractivity (Wildman–Crippen MR) is 118 cm³/mol. The number of hydrogen-bond donors (Lipinski definition) is 2. The molecular formula is C19H28F2IN5O. The van der Waals surface area contributed by atoms with Gasteiger partial charge in [0, 0.05) is 31.9 Å². The Morgan fingerprint density at radius 2 is 2.11 bits per heavy atom. The number of aliphatic imine (C=N–C) groups is 1. The van der Waals surface area contributed by atoms with Gasteiger partial charge in [-0.05, 0) is 38.3 Å². The summed E-state index contributed by atoms with van der Waals surface area (Å²) in [5.74, 6) is 0.806. The van der Waals surface area contributed by atoms with Crippen molar-refractivity contribution in [1.29, 1.82) is 0 Å². The van der Waals surface area contributed by atoms with Crippen molar-refractivity contribution in [1.82, 2.24) is 20.4 Å². The highest BCUT2D eigenvalue weighted by atomic mass is 127. The molecule has 2 rings (SSSR count). The van der Waals surface area contributed by atoms with E-state index in [0.29, 0.717) is 18.1 Å². The normalized spacial score (nSPS) is 11.3. The molecule has 0 unspecified atom stereocenters. The zero-order valence-corrected chi connectivity index (χ0v) is 18.7. The molecule has 0 fully saturated rings. The van der Waals surface area contributed by atoms with Gasteiger partial charge in [0.2, 0.25) is 0 Å². The molecule has 6 nitrogen and oxygen atoms in total. The molecule has 1 aromatic heterocycles. The quantitative estimate of drug-likeness (QED) is 0.236. The molecule has 0 saturated heterocycles. The van der Waals surface area contributed by atoms with Crippen LogP contribution in [0.5, 0.6) is 5.75 Å². The minimum atomic E-state index is -2.85. The van der Waals surface area contributed by atoms with Crippen molar-refractivity contribution < 1.29 is 13.5 Å². The summed E-state index contributed by atoms with van der Waals surface area (Å²) < 4.78 is 31.5. The van der Waals surface area contributed by atoms with Crippen LogP contribution in [0.25, 0.3) is 0 Å². The van der Waals surface area contributed by atoms with Gasteiger partial charge in [0.25, 0.3) is 0 Å². The van der Waals surface area contributed by atoms with Crippen LogP contribution in [-0.4, -0.2) is 35.4 Å². The Hall–Kier alpha value is -1.91. The molecule has 0 radical (unpaired) electrons. The monoisotopic (exact) mass is 507 g/mol. The van der Waals surface area contributed by atoms with Crippen LogP contribution >= 0.6 is 24.0 Å². The van der Waals surface area contributed by atoms with E-state index in [-0.39, 0.29) is 36.3 Å². The SMILES string of the molecule is CCNC(=NCc1cc(C)ccc1OC(F)F)NCCCc1cnn(C)c1.I. The number of nitrogens with zero attached hydrogens (tertiary/aromatic N) is 3. The molecule has 0 bridgehead atoms. The van der Waals surface area contributed by atoms with E-state index in [1.165, 1.54) is 5.56 Å². The molecular weight excluding hydrogens is 479 g/mol. The van der Waals surface area contributed by atoms with E-state index in [0.717, 1.165) is 24.9 Å². The Morgan fingerprint density at radius 3 is 2.75 bits per heavy atom. The summed E-state index contributed by atoms with van der Waals surface area (Å²) in [5, 5.41) is 10.6. The van der Waals surface area contributed by atoms with Gasteiger partial charge < -0.3 is 15.4 Å². The average molecular weight is 507 g/mol. The van der Waals surface area contributed by atoms with Crippen LogP contribution in [0.2, 0.25) is 0 Å². The lowest BCUT2D eigenvalue weighted by Gasteiger charge is -2.13. The molecule has 0 spiro atoms. The molecule has 2 N–H and O–H groups in total. The Kier molecular flexibility index (Phi) is 10.8. The summed E-state index contributed by atoms with van der Waals surface area (Å²) in [6, 6.07) is 5.11. The molecule has 0 atom stereocenters. The number of alkyl halides is 2. The Bertz CT molecular complexity index is 752. The van der Waals surface area contributed by atoms with Gasteiger partial charge in [-0.1, -0.05) is 17.7 Å². The van der Waals surface area contributed by atoms with Gasteiger partial charge in [0.15, 0.2) is 5.96 Å². The largest absolute Gasteiger partial charge is 0.434 e. The second-order valence-electron chi connectivity index (χ2n) is 6.24. The fraction of sp³-hybridized carbons (Fsp3) is 0.474. The summed E-state index contributed by atoms with van der Waals surface area (Å²) in [6.45, 7) is 2.74. The fourth-order valence-corrected chi connectivity index (χ4v) is 2.65. The smallest absolute Gasteiger partial charge is 0.387 e. The van der Waals surface area contributed by atoms with Gasteiger partial charge in [-0.25, -0.2) is 4.99 Å². The van der Waals surface area contributed by atoms with Gasteiger partial charge in [0.05, 0.1) is 12.7 Å². The van der Waals surface area contributed by atoms with Crippen molar-refractivity contribution in [3.05, 3.63) is 47.3 Å². The maximum atomic E-state index is 12.6. The van der Waals surface area contributed by atoms with Crippen molar-refractivity contribution in [2.24, 2.45) is 12.0 Å². The lowest BCUT2D eigenvalue weighted by atomic mass is 10.1. The minimum absolute atomic E-state index is 0. The van der Waals surface area contributed by atoms with E-state index < -0.39 is 6.61 Å². The molecule has 0 saturated carbocycles. The standard InChI is InChI=1S/C19H27F2N5O.HI/c1-4-22-19(23-9-5-6-15-11-25-26(3)13-15)24-12-16-10-14(2)7-8-17(16)27-18(20)21;/h7-8,10-11,13,18H,4-6,9,12H2,1-3H3,(H2,22,23,24);1H. The number of halogens is 3. The number of aryl methyl sites for hydroxylation is 3. The summed E-state index contributed by atoms with van der Waals surface area (Å²) in [6.07, 6.45) is 5.72. The van der Waals surface area contributed by atoms with Crippen LogP contribution in [-0.2, 0) is 20.0 Å². The first kappa shape index (κ1) is 24.1. The summed E-state index contributed by atoms with van der Waals surface area (Å²) >= 11 is 0. The first-order valence-corrected chi connectivity index (χ1v) is 9.02. The predicted octanol–water partition coefficient (Wildman–Crippen LogP) is 3.64. The van der Waals surface area contributed by atoms with Crippen LogP contribution in [0, 0.1) is 6.92 Å². The van der Waals surface area contributed by atoms with Crippen molar-refractivity contribution >= 4 is 29.9 Å². The number of nitrogens with one attached hydrogen (secondary N) is 2. The first-order chi connectivity index (χ1) is 13.0. The molecule has 28 heavy (non-hydrogen) atoms. The highest BCUT2D eigenvalue weighted by molar-refractivity contribution is 14.0. The molecule has 0 aliphatic heterocycles. The van der Waals surface area contributed by atoms with Crippen LogP contribution in [0.1, 0.15) is 30.0 Å². The maximum Gasteiger partial charge on any atom is 0.387 e. The minimum Gasteiger partial charge on any atom is -0.434 e. The number of hydrogen-bond acceptors (Lipinski definition) is 3. The van der Waals surface area contributed by atoms with Gasteiger partial charge in [-0.3, -0.25) is 4.68 Å². The highest BCUT2D eigenvalue weighted by Gasteiger charge is 2.10. The van der Waals surface area contributed by atoms with Crippen LogP contribution in [0.15, 0.2) is 35.6 Å². The fourth-order valence-electron chi connectivity index (χ4n) is 2.65. The molecule has 0 aliphatic rings. The van der Waals surface area contributed by atoms with E-state index in [2.05, 4.69) is 25.5 Å². The molecule has 156 valence electrons. The molecule has 0 amide bonds. The van der Waals surface area contributed by atoms with Crippen molar-refractivity contribution in [2.45, 2.75) is 39.8 Å². The van der Waals surface area contributed by atoms with Crippen LogP contribution < -0.4 is 15.4 Å². The molecule has 1 aromatic carbocycles. The molecule has 0 aliphatic carbocycles. The third-order valence-corrected chi connectivity index (χ3v) is 3.88. The topological polar surface area (TPSA) is 63.5 Å². The Labute approximate surface area is 181 Å². The zero-order valence-electron chi connectivity index (χ0n) is 16.4. The van der Waals surface area contributed by atoms with E-state index in [4.69, 9.17) is 0 Å². The van der Waals surface area contributed by atoms with Crippen molar-refractivity contribution in [3.63, 3.8) is 0 Å². The number of benzene rings is 1. The highest BCUT2D eigenvalue weighted by Crippen LogP contribution is 2.22. The Morgan fingerprint density at radius 1 is 1.32 bits per heavy atom. The van der Waals surface area contributed by atoms with E-state index in [1.807, 2.05) is 39.4 Å². The van der Waals surface area contributed by atoms with Crippen molar-refractivity contribution in [2.75, 3.05) is 13.1 Å². The van der Waals surface area contributed by atoms with Gasteiger partial charge >= 0.3 is 6.61 Å².